The highest BCUT2D eigenvalue weighted by Gasteiger charge is 2.25. The van der Waals surface area contributed by atoms with Gasteiger partial charge in [0.05, 0.1) is 6.04 Å². The Bertz CT molecular complexity index is 305. The van der Waals surface area contributed by atoms with E-state index in [4.69, 9.17) is 0 Å². The second kappa shape index (κ2) is 6.70. The van der Waals surface area contributed by atoms with Crippen LogP contribution in [0.25, 0.3) is 0 Å². The summed E-state index contributed by atoms with van der Waals surface area (Å²) in [5, 5.41) is 3.57. The summed E-state index contributed by atoms with van der Waals surface area (Å²) in [4.78, 5) is 8.86. The molecule has 3 nitrogen and oxygen atoms in total. The summed E-state index contributed by atoms with van der Waals surface area (Å²) in [6, 6.07) is 2.24. The topological polar surface area (TPSA) is 37.8 Å². The zero-order valence-electron chi connectivity index (χ0n) is 10.7. The first kappa shape index (κ1) is 12.5. The van der Waals surface area contributed by atoms with Crippen molar-refractivity contribution in [2.45, 2.75) is 51.5 Å². The van der Waals surface area contributed by atoms with Gasteiger partial charge >= 0.3 is 0 Å². The third kappa shape index (κ3) is 3.50. The van der Waals surface area contributed by atoms with E-state index in [1.807, 2.05) is 18.5 Å². The summed E-state index contributed by atoms with van der Waals surface area (Å²) in [5.74, 6) is 1.68. The van der Waals surface area contributed by atoms with Crippen LogP contribution in [0.4, 0.5) is 0 Å². The van der Waals surface area contributed by atoms with Crippen molar-refractivity contribution in [1.29, 1.82) is 0 Å². The maximum Gasteiger partial charge on any atom is 0.145 e. The van der Waals surface area contributed by atoms with Crippen molar-refractivity contribution in [2.24, 2.45) is 5.92 Å². The van der Waals surface area contributed by atoms with Crippen LogP contribution in [0, 0.1) is 5.92 Å². The van der Waals surface area contributed by atoms with E-state index < -0.39 is 0 Å². The molecule has 1 fully saturated rings. The predicted molar refractivity (Wildman–Crippen MR) is 69.6 cm³/mol. The maximum absolute atomic E-state index is 4.43. The number of nitrogens with zero attached hydrogens (tertiary/aromatic N) is 2. The van der Waals surface area contributed by atoms with Gasteiger partial charge in [0, 0.05) is 12.4 Å². The van der Waals surface area contributed by atoms with Crippen LogP contribution in [0.1, 0.15) is 57.3 Å². The Morgan fingerprint density at radius 2 is 1.82 bits per heavy atom. The summed E-state index contributed by atoms with van der Waals surface area (Å²) in [7, 11) is 0. The van der Waals surface area contributed by atoms with Crippen molar-refractivity contribution >= 4 is 0 Å². The molecule has 1 N–H and O–H groups in total. The average molecular weight is 233 g/mol. The molecule has 1 atom stereocenters. The molecular formula is C14H23N3. The number of aromatic nitrogens is 2. The molecule has 17 heavy (non-hydrogen) atoms. The molecule has 0 radical (unpaired) electrons. The van der Waals surface area contributed by atoms with Crippen LogP contribution in [0.5, 0.6) is 0 Å². The molecule has 0 bridgehead atoms. The van der Waals surface area contributed by atoms with Crippen LogP contribution >= 0.6 is 0 Å². The summed E-state index contributed by atoms with van der Waals surface area (Å²) in [6.07, 6.45) is 11.8. The van der Waals surface area contributed by atoms with Crippen LogP contribution in [-0.4, -0.2) is 16.5 Å². The molecule has 3 heteroatoms. The number of hydrogen-bond donors (Lipinski definition) is 1. The van der Waals surface area contributed by atoms with Gasteiger partial charge in [-0.25, -0.2) is 9.97 Å². The van der Waals surface area contributed by atoms with Crippen molar-refractivity contribution in [1.82, 2.24) is 15.3 Å². The van der Waals surface area contributed by atoms with E-state index in [2.05, 4.69) is 22.2 Å². The monoisotopic (exact) mass is 233 g/mol. The van der Waals surface area contributed by atoms with E-state index in [9.17, 15) is 0 Å². The lowest BCUT2D eigenvalue weighted by Crippen LogP contribution is -2.29. The minimum absolute atomic E-state index is 0.347. The molecule has 1 aliphatic rings. The minimum Gasteiger partial charge on any atom is -0.307 e. The Kier molecular flexibility index (Phi) is 4.92. The van der Waals surface area contributed by atoms with E-state index >= 15 is 0 Å². The van der Waals surface area contributed by atoms with Gasteiger partial charge in [0.2, 0.25) is 0 Å². The molecule has 1 aromatic rings. The molecule has 0 aliphatic heterocycles. The molecular weight excluding hydrogens is 210 g/mol. The molecule has 1 heterocycles. The second-order valence-electron chi connectivity index (χ2n) is 4.89. The van der Waals surface area contributed by atoms with E-state index in [1.165, 1.54) is 38.5 Å². The van der Waals surface area contributed by atoms with E-state index in [0.29, 0.717) is 12.0 Å². The van der Waals surface area contributed by atoms with Crippen molar-refractivity contribution in [3.8, 4) is 0 Å². The van der Waals surface area contributed by atoms with Crippen LogP contribution in [0.15, 0.2) is 18.5 Å². The van der Waals surface area contributed by atoms with Crippen LogP contribution in [0.3, 0.4) is 0 Å². The van der Waals surface area contributed by atoms with Crippen molar-refractivity contribution in [3.05, 3.63) is 24.3 Å². The lowest BCUT2D eigenvalue weighted by atomic mass is 9.91. The van der Waals surface area contributed by atoms with Gasteiger partial charge in [-0.2, -0.15) is 0 Å². The summed E-state index contributed by atoms with van der Waals surface area (Å²) < 4.78 is 0. The predicted octanol–water partition coefficient (Wildman–Crippen LogP) is 3.10. The molecule has 94 valence electrons. The van der Waals surface area contributed by atoms with Crippen molar-refractivity contribution in [3.63, 3.8) is 0 Å². The van der Waals surface area contributed by atoms with E-state index in [-0.39, 0.29) is 0 Å². The number of nitrogens with one attached hydrogen (secondary N) is 1. The fourth-order valence-corrected chi connectivity index (χ4v) is 2.80. The third-order valence-electron chi connectivity index (χ3n) is 3.66. The third-order valence-corrected chi connectivity index (χ3v) is 3.66. The molecule has 1 aromatic heterocycles. The number of hydrogen-bond acceptors (Lipinski definition) is 3. The Morgan fingerprint density at radius 1 is 1.18 bits per heavy atom. The van der Waals surface area contributed by atoms with Crippen molar-refractivity contribution < 1.29 is 0 Å². The number of rotatable bonds is 4. The quantitative estimate of drug-likeness (QED) is 0.812. The van der Waals surface area contributed by atoms with Gasteiger partial charge < -0.3 is 5.32 Å². The zero-order chi connectivity index (χ0) is 11.9. The van der Waals surface area contributed by atoms with Gasteiger partial charge in [0.15, 0.2) is 0 Å². The van der Waals surface area contributed by atoms with Crippen LogP contribution in [-0.2, 0) is 0 Å². The normalized spacial score (nSPS) is 19.8. The molecule has 0 aromatic carbocycles. The maximum atomic E-state index is 4.43. The van der Waals surface area contributed by atoms with Gasteiger partial charge in [-0.1, -0.05) is 32.6 Å². The Hall–Kier alpha value is -0.960. The first-order valence-electron chi connectivity index (χ1n) is 6.92. The highest BCUT2D eigenvalue weighted by atomic mass is 15.0. The SMILES string of the molecule is CCNC(c1ncccn1)C1CCCCCC1. The van der Waals surface area contributed by atoms with E-state index in [1.54, 1.807) is 0 Å². The lowest BCUT2D eigenvalue weighted by molar-refractivity contribution is 0.318. The lowest BCUT2D eigenvalue weighted by Gasteiger charge is -2.25. The minimum atomic E-state index is 0.347. The van der Waals surface area contributed by atoms with Gasteiger partial charge in [0.1, 0.15) is 5.82 Å². The zero-order valence-corrected chi connectivity index (χ0v) is 10.7. The van der Waals surface area contributed by atoms with Crippen molar-refractivity contribution in [2.75, 3.05) is 6.54 Å². The molecule has 1 unspecified atom stereocenters. The first-order chi connectivity index (χ1) is 8.42. The fourth-order valence-electron chi connectivity index (χ4n) is 2.80. The van der Waals surface area contributed by atoms with Gasteiger partial charge in [-0.05, 0) is 31.4 Å². The van der Waals surface area contributed by atoms with Crippen LogP contribution < -0.4 is 5.32 Å². The standard InChI is InChI=1S/C14H23N3/c1-2-15-13(14-16-10-7-11-17-14)12-8-5-3-4-6-9-12/h7,10-13,15H,2-6,8-9H2,1H3. The highest BCUT2D eigenvalue weighted by molar-refractivity contribution is 4.98. The summed E-state index contributed by atoms with van der Waals surface area (Å²) in [6.45, 7) is 3.14. The molecule has 0 spiro atoms. The largest absolute Gasteiger partial charge is 0.307 e. The van der Waals surface area contributed by atoms with Gasteiger partial charge in [-0.3, -0.25) is 0 Å². The average Bonchev–Trinajstić information content (AvgIpc) is 2.66. The second-order valence-corrected chi connectivity index (χ2v) is 4.89. The molecule has 1 aliphatic carbocycles. The fraction of sp³-hybridized carbons (Fsp3) is 0.714. The smallest absolute Gasteiger partial charge is 0.145 e. The molecule has 2 rings (SSSR count). The van der Waals surface area contributed by atoms with Gasteiger partial charge in [0.25, 0.3) is 0 Å². The van der Waals surface area contributed by atoms with Gasteiger partial charge in [-0.15, -0.1) is 0 Å². The first-order valence-corrected chi connectivity index (χ1v) is 6.92. The Labute approximate surface area is 104 Å². The summed E-state index contributed by atoms with van der Waals surface area (Å²) >= 11 is 0. The molecule has 0 amide bonds. The van der Waals surface area contributed by atoms with Crippen LogP contribution in [0.2, 0.25) is 0 Å². The summed E-state index contributed by atoms with van der Waals surface area (Å²) in [5.41, 5.74) is 0. The Balaban J connectivity index is 2.10. The van der Waals surface area contributed by atoms with E-state index in [0.717, 1.165) is 12.4 Å². The highest BCUT2D eigenvalue weighted by Crippen LogP contribution is 2.31. The molecule has 1 saturated carbocycles. The Morgan fingerprint density at radius 3 is 2.41 bits per heavy atom. The molecule has 0 saturated heterocycles.